The topological polar surface area (TPSA) is 72.2 Å². The summed E-state index contributed by atoms with van der Waals surface area (Å²) < 4.78 is 23.9. The minimum Gasteiger partial charge on any atom is -0.382 e. The summed E-state index contributed by atoms with van der Waals surface area (Å²) >= 11 is 0. The lowest BCUT2D eigenvalue weighted by Gasteiger charge is -2.27. The van der Waals surface area contributed by atoms with Crippen LogP contribution in [0, 0.1) is 0 Å². The Bertz CT molecular complexity index is 517. The highest BCUT2D eigenvalue weighted by molar-refractivity contribution is 7.91. The first-order valence-corrected chi connectivity index (χ1v) is 9.01. The molecule has 1 fully saturated rings. The highest BCUT2D eigenvalue weighted by Crippen LogP contribution is 2.22. The van der Waals surface area contributed by atoms with E-state index in [2.05, 4.69) is 5.32 Å². The molecule has 0 heterocycles. The number of nitrogens with one attached hydrogen (secondary N) is 1. The Morgan fingerprint density at radius 2 is 1.75 bits per heavy atom. The Balaban J connectivity index is 1.98. The molecule has 1 aromatic rings. The quantitative estimate of drug-likeness (QED) is 0.876. The van der Waals surface area contributed by atoms with E-state index in [0.717, 1.165) is 31.4 Å². The first kappa shape index (κ1) is 15.3. The lowest BCUT2D eigenvalue weighted by atomic mass is 9.92. The molecule has 3 N–H and O–H groups in total. The predicted octanol–water partition coefficient (Wildman–Crippen LogP) is 2.55. The average Bonchev–Trinajstić information content (AvgIpc) is 2.42. The summed E-state index contributed by atoms with van der Waals surface area (Å²) in [6.07, 6.45) is 4.92. The van der Waals surface area contributed by atoms with E-state index < -0.39 is 9.84 Å². The zero-order valence-corrected chi connectivity index (χ0v) is 12.8. The minimum absolute atomic E-state index is 0.209. The summed E-state index contributed by atoms with van der Waals surface area (Å²) in [6, 6.07) is 7.90. The zero-order valence-electron chi connectivity index (χ0n) is 12.0. The molecular weight excluding hydrogens is 272 g/mol. The number of sulfone groups is 1. The van der Waals surface area contributed by atoms with Crippen LogP contribution in [0.3, 0.4) is 0 Å². The first-order chi connectivity index (χ1) is 9.51. The number of hydrogen-bond acceptors (Lipinski definition) is 4. The first-order valence-electron chi connectivity index (χ1n) is 7.36. The van der Waals surface area contributed by atoms with Gasteiger partial charge in [0.2, 0.25) is 0 Å². The molecule has 0 unspecified atom stereocenters. The predicted molar refractivity (Wildman–Crippen MR) is 82.6 cm³/mol. The van der Waals surface area contributed by atoms with E-state index in [1.165, 1.54) is 0 Å². The SMILES string of the molecule is CCCS(=O)(=O)c1ccc(NC2CCC(N)CC2)cc1. The van der Waals surface area contributed by atoms with Crippen molar-refractivity contribution in [2.24, 2.45) is 5.73 Å². The second kappa shape index (κ2) is 6.59. The fraction of sp³-hybridized carbons (Fsp3) is 0.600. The van der Waals surface area contributed by atoms with Gasteiger partial charge in [0, 0.05) is 17.8 Å². The van der Waals surface area contributed by atoms with Crippen LogP contribution in [0.4, 0.5) is 5.69 Å². The molecule has 1 aromatic carbocycles. The number of benzene rings is 1. The maximum atomic E-state index is 11.9. The monoisotopic (exact) mass is 296 g/mol. The molecule has 0 aromatic heterocycles. The minimum atomic E-state index is -3.11. The van der Waals surface area contributed by atoms with Gasteiger partial charge in [0.25, 0.3) is 0 Å². The second-order valence-corrected chi connectivity index (χ2v) is 7.71. The molecular formula is C15H24N2O2S. The van der Waals surface area contributed by atoms with Crippen molar-refractivity contribution < 1.29 is 8.42 Å². The summed E-state index contributed by atoms with van der Waals surface area (Å²) in [5.74, 6) is 0.209. The standard InChI is InChI=1S/C15H24N2O2S/c1-2-11-20(18,19)15-9-7-14(8-10-15)17-13-5-3-12(16)4-6-13/h7-10,12-13,17H,2-6,11,16H2,1H3. The summed E-state index contributed by atoms with van der Waals surface area (Å²) in [5, 5.41) is 3.46. The van der Waals surface area contributed by atoms with Crippen molar-refractivity contribution >= 4 is 15.5 Å². The van der Waals surface area contributed by atoms with Gasteiger partial charge in [0.15, 0.2) is 9.84 Å². The summed E-state index contributed by atoms with van der Waals surface area (Å²) in [6.45, 7) is 1.88. The van der Waals surface area contributed by atoms with Crippen molar-refractivity contribution in [1.29, 1.82) is 0 Å². The van der Waals surface area contributed by atoms with Crippen molar-refractivity contribution in [3.8, 4) is 0 Å². The Hall–Kier alpha value is -1.07. The van der Waals surface area contributed by atoms with Crippen LogP contribution in [-0.4, -0.2) is 26.3 Å². The Morgan fingerprint density at radius 1 is 1.15 bits per heavy atom. The molecule has 112 valence electrons. The number of nitrogens with two attached hydrogens (primary N) is 1. The Morgan fingerprint density at radius 3 is 2.30 bits per heavy atom. The van der Waals surface area contributed by atoms with Crippen LogP contribution in [0.2, 0.25) is 0 Å². The van der Waals surface area contributed by atoms with Gasteiger partial charge in [-0.2, -0.15) is 0 Å². The smallest absolute Gasteiger partial charge is 0.178 e. The fourth-order valence-corrected chi connectivity index (χ4v) is 3.97. The molecule has 0 bridgehead atoms. The third kappa shape index (κ3) is 3.96. The van der Waals surface area contributed by atoms with Crippen molar-refractivity contribution in [1.82, 2.24) is 0 Å². The van der Waals surface area contributed by atoms with Crippen LogP contribution >= 0.6 is 0 Å². The van der Waals surface area contributed by atoms with Crippen molar-refractivity contribution in [2.45, 2.75) is 56.0 Å². The van der Waals surface area contributed by atoms with E-state index in [1.807, 2.05) is 19.1 Å². The van der Waals surface area contributed by atoms with E-state index in [4.69, 9.17) is 5.73 Å². The molecule has 5 heteroatoms. The summed E-state index contributed by atoms with van der Waals surface area (Å²) in [5.41, 5.74) is 6.88. The molecule has 0 atom stereocenters. The van der Waals surface area contributed by atoms with Crippen molar-refractivity contribution in [2.75, 3.05) is 11.1 Å². The summed E-state index contributed by atoms with van der Waals surface area (Å²) in [7, 11) is -3.11. The van der Waals surface area contributed by atoms with Crippen LogP contribution in [0.5, 0.6) is 0 Å². The van der Waals surface area contributed by atoms with Gasteiger partial charge in [0.05, 0.1) is 10.6 Å². The molecule has 0 amide bonds. The maximum Gasteiger partial charge on any atom is 0.178 e. The average molecular weight is 296 g/mol. The molecule has 4 nitrogen and oxygen atoms in total. The largest absolute Gasteiger partial charge is 0.382 e. The third-order valence-electron chi connectivity index (χ3n) is 3.83. The van der Waals surface area contributed by atoms with Crippen LogP contribution in [-0.2, 0) is 9.84 Å². The molecule has 1 aliphatic carbocycles. The Labute approximate surface area is 121 Å². The number of hydrogen-bond donors (Lipinski definition) is 2. The van der Waals surface area contributed by atoms with Crippen LogP contribution in [0.15, 0.2) is 29.2 Å². The van der Waals surface area contributed by atoms with Gasteiger partial charge in [-0.3, -0.25) is 0 Å². The van der Waals surface area contributed by atoms with Crippen LogP contribution in [0.25, 0.3) is 0 Å². The maximum absolute atomic E-state index is 11.9. The lowest BCUT2D eigenvalue weighted by Crippen LogP contribution is -2.32. The molecule has 1 saturated carbocycles. The van der Waals surface area contributed by atoms with E-state index >= 15 is 0 Å². The van der Waals surface area contributed by atoms with Crippen molar-refractivity contribution in [3.63, 3.8) is 0 Å². The molecule has 0 radical (unpaired) electrons. The molecule has 2 rings (SSSR count). The molecule has 0 aliphatic heterocycles. The molecule has 20 heavy (non-hydrogen) atoms. The number of rotatable bonds is 5. The van der Waals surface area contributed by atoms with Crippen LogP contribution in [0.1, 0.15) is 39.0 Å². The summed E-state index contributed by atoms with van der Waals surface area (Å²) in [4.78, 5) is 0.413. The Kier molecular flexibility index (Phi) is 5.05. The van der Waals surface area contributed by atoms with E-state index in [9.17, 15) is 8.42 Å². The fourth-order valence-electron chi connectivity index (χ4n) is 2.64. The van der Waals surface area contributed by atoms with Crippen molar-refractivity contribution in [3.05, 3.63) is 24.3 Å². The molecule has 0 spiro atoms. The van der Waals surface area contributed by atoms with E-state index in [0.29, 0.717) is 23.4 Å². The van der Waals surface area contributed by atoms with Gasteiger partial charge in [-0.05, 0) is 56.4 Å². The van der Waals surface area contributed by atoms with Crippen LogP contribution < -0.4 is 11.1 Å². The van der Waals surface area contributed by atoms with E-state index in [1.54, 1.807) is 12.1 Å². The normalized spacial score (nSPS) is 23.5. The number of anilines is 1. The van der Waals surface area contributed by atoms with Gasteiger partial charge in [-0.15, -0.1) is 0 Å². The lowest BCUT2D eigenvalue weighted by molar-refractivity contribution is 0.411. The second-order valence-electron chi connectivity index (χ2n) is 5.60. The third-order valence-corrected chi connectivity index (χ3v) is 5.77. The van der Waals surface area contributed by atoms with E-state index in [-0.39, 0.29) is 5.75 Å². The highest BCUT2D eigenvalue weighted by Gasteiger charge is 2.18. The molecule has 0 saturated heterocycles. The van der Waals surface area contributed by atoms with Gasteiger partial charge < -0.3 is 11.1 Å². The van der Waals surface area contributed by atoms with Gasteiger partial charge in [0.1, 0.15) is 0 Å². The molecule has 1 aliphatic rings. The van der Waals surface area contributed by atoms with Gasteiger partial charge in [-0.1, -0.05) is 6.92 Å². The van der Waals surface area contributed by atoms with Gasteiger partial charge >= 0.3 is 0 Å². The highest BCUT2D eigenvalue weighted by atomic mass is 32.2. The van der Waals surface area contributed by atoms with Gasteiger partial charge in [-0.25, -0.2) is 8.42 Å². The zero-order chi connectivity index (χ0) is 14.6.